The molecule has 0 atom stereocenters. The Hall–Kier alpha value is -2.64. The summed E-state index contributed by atoms with van der Waals surface area (Å²) in [6.07, 6.45) is 4.10. The lowest BCUT2D eigenvalue weighted by molar-refractivity contribution is 0.239. The quantitative estimate of drug-likeness (QED) is 0.619. The topological polar surface area (TPSA) is 76.1 Å². The van der Waals surface area contributed by atoms with Crippen LogP contribution in [0.3, 0.4) is 0 Å². The van der Waals surface area contributed by atoms with Gasteiger partial charge in [-0.1, -0.05) is 39.0 Å². The second-order valence-electron chi connectivity index (χ2n) is 9.19. The van der Waals surface area contributed by atoms with Gasteiger partial charge < -0.3 is 0 Å². The van der Waals surface area contributed by atoms with E-state index in [2.05, 4.69) is 30.7 Å². The largest absolute Gasteiger partial charge is 0.293 e. The van der Waals surface area contributed by atoms with Crippen molar-refractivity contribution in [2.45, 2.75) is 50.6 Å². The number of sulfone groups is 1. The number of hydrogen-bond acceptors (Lipinski definition) is 6. The first-order valence-electron chi connectivity index (χ1n) is 10.4. The highest BCUT2D eigenvalue weighted by atomic mass is 32.2. The molecule has 1 aromatic carbocycles. The summed E-state index contributed by atoms with van der Waals surface area (Å²) in [6.45, 7) is 8.90. The van der Waals surface area contributed by atoms with Crippen molar-refractivity contribution in [1.82, 2.24) is 19.9 Å². The maximum Gasteiger partial charge on any atom is 0.175 e. The number of benzene rings is 1. The molecule has 4 rings (SSSR count). The van der Waals surface area contributed by atoms with Gasteiger partial charge >= 0.3 is 0 Å². The summed E-state index contributed by atoms with van der Waals surface area (Å²) >= 11 is 0. The van der Waals surface area contributed by atoms with Crippen molar-refractivity contribution in [2.75, 3.05) is 12.8 Å². The standard InChI is InChI=1S/C24H28N4O2S/c1-24(2,3)23-25-14-18-15-28(13-12-22(18)27-23)16-19-6-5-7-21(26-19)17-8-10-20(11-9-17)31(4,29)30/h5-11,14H,12-13,15-16H2,1-4H3. The molecule has 0 N–H and O–H groups in total. The molecule has 0 unspecified atom stereocenters. The number of pyridine rings is 1. The van der Waals surface area contributed by atoms with Gasteiger partial charge in [0.2, 0.25) is 0 Å². The summed E-state index contributed by atoms with van der Waals surface area (Å²) in [4.78, 5) is 16.9. The van der Waals surface area contributed by atoms with Crippen LogP contribution >= 0.6 is 0 Å². The first-order valence-corrected chi connectivity index (χ1v) is 12.3. The lowest BCUT2D eigenvalue weighted by Gasteiger charge is -2.29. The average Bonchev–Trinajstić information content (AvgIpc) is 2.72. The molecule has 0 saturated heterocycles. The summed E-state index contributed by atoms with van der Waals surface area (Å²) < 4.78 is 23.4. The molecular weight excluding hydrogens is 408 g/mol. The molecule has 0 saturated carbocycles. The van der Waals surface area contributed by atoms with Crippen LogP contribution in [0.25, 0.3) is 11.3 Å². The monoisotopic (exact) mass is 436 g/mol. The molecule has 0 radical (unpaired) electrons. The smallest absolute Gasteiger partial charge is 0.175 e. The van der Waals surface area contributed by atoms with Crippen molar-refractivity contribution in [1.29, 1.82) is 0 Å². The molecule has 0 bridgehead atoms. The lowest BCUT2D eigenvalue weighted by Crippen LogP contribution is -2.32. The molecular formula is C24H28N4O2S. The molecule has 0 fully saturated rings. The Balaban J connectivity index is 1.49. The Labute approximate surface area is 184 Å². The molecule has 162 valence electrons. The highest BCUT2D eigenvalue weighted by Crippen LogP contribution is 2.24. The average molecular weight is 437 g/mol. The van der Waals surface area contributed by atoms with Crippen molar-refractivity contribution < 1.29 is 8.42 Å². The third-order valence-corrected chi connectivity index (χ3v) is 6.58. The molecule has 31 heavy (non-hydrogen) atoms. The Morgan fingerprint density at radius 2 is 1.77 bits per heavy atom. The SMILES string of the molecule is CC(C)(C)c1ncc2c(n1)CCN(Cc1cccc(-c3ccc(S(C)(=O)=O)cc3)n1)C2. The molecule has 0 aliphatic carbocycles. The van der Waals surface area contributed by atoms with Crippen LogP contribution in [0.4, 0.5) is 0 Å². The van der Waals surface area contributed by atoms with Gasteiger partial charge in [-0.2, -0.15) is 0 Å². The van der Waals surface area contributed by atoms with Gasteiger partial charge in [-0.3, -0.25) is 9.88 Å². The van der Waals surface area contributed by atoms with Crippen LogP contribution < -0.4 is 0 Å². The second-order valence-corrected chi connectivity index (χ2v) is 11.2. The maximum absolute atomic E-state index is 11.7. The van der Waals surface area contributed by atoms with Crippen LogP contribution in [-0.4, -0.2) is 41.1 Å². The van der Waals surface area contributed by atoms with Gasteiger partial charge in [0.1, 0.15) is 5.82 Å². The van der Waals surface area contributed by atoms with Crippen molar-refractivity contribution in [3.63, 3.8) is 0 Å². The molecule has 0 spiro atoms. The van der Waals surface area contributed by atoms with E-state index in [4.69, 9.17) is 9.97 Å². The third-order valence-electron chi connectivity index (χ3n) is 5.45. The van der Waals surface area contributed by atoms with Crippen LogP contribution in [0.1, 0.15) is 43.5 Å². The first-order chi connectivity index (χ1) is 14.6. The van der Waals surface area contributed by atoms with E-state index in [1.807, 2.05) is 36.5 Å². The van der Waals surface area contributed by atoms with Crippen molar-refractivity contribution in [3.05, 3.63) is 71.4 Å². The Morgan fingerprint density at radius 1 is 1.03 bits per heavy atom. The highest BCUT2D eigenvalue weighted by Gasteiger charge is 2.23. The van der Waals surface area contributed by atoms with Crippen LogP contribution in [0.5, 0.6) is 0 Å². The zero-order chi connectivity index (χ0) is 22.2. The molecule has 6 nitrogen and oxygen atoms in total. The summed E-state index contributed by atoms with van der Waals surface area (Å²) in [5.41, 5.74) is 5.03. The summed E-state index contributed by atoms with van der Waals surface area (Å²) in [5, 5.41) is 0. The van der Waals surface area contributed by atoms with Crippen LogP contribution in [0, 0.1) is 0 Å². The molecule has 0 amide bonds. The molecule has 3 aromatic rings. The minimum absolute atomic E-state index is 0.0456. The first kappa shape index (κ1) is 21.6. The van der Waals surface area contributed by atoms with Crippen LogP contribution in [0.15, 0.2) is 53.6 Å². The van der Waals surface area contributed by atoms with Gasteiger partial charge in [0, 0.05) is 60.7 Å². The Bertz CT molecular complexity index is 1200. The second kappa shape index (κ2) is 8.13. The minimum Gasteiger partial charge on any atom is -0.293 e. The fraction of sp³-hybridized carbons (Fsp3) is 0.375. The highest BCUT2D eigenvalue weighted by molar-refractivity contribution is 7.90. The van der Waals surface area contributed by atoms with Gasteiger partial charge in [-0.05, 0) is 24.3 Å². The van der Waals surface area contributed by atoms with Crippen molar-refractivity contribution >= 4 is 9.84 Å². The molecule has 1 aliphatic rings. The summed E-state index contributed by atoms with van der Waals surface area (Å²) in [6, 6.07) is 12.9. The van der Waals surface area contributed by atoms with Crippen LogP contribution in [-0.2, 0) is 34.8 Å². The van der Waals surface area contributed by atoms with E-state index in [9.17, 15) is 8.42 Å². The summed E-state index contributed by atoms with van der Waals surface area (Å²) in [5.74, 6) is 0.899. The van der Waals surface area contributed by atoms with E-state index in [1.54, 1.807) is 12.1 Å². The Kier molecular flexibility index (Phi) is 5.66. The van der Waals surface area contributed by atoms with Crippen molar-refractivity contribution in [2.24, 2.45) is 0 Å². The van der Waals surface area contributed by atoms with Crippen molar-refractivity contribution in [3.8, 4) is 11.3 Å². The van der Waals surface area contributed by atoms with Gasteiger partial charge in [0.05, 0.1) is 16.3 Å². The third kappa shape index (κ3) is 4.99. The number of hydrogen-bond donors (Lipinski definition) is 0. The molecule has 2 aromatic heterocycles. The van der Waals surface area contributed by atoms with E-state index in [-0.39, 0.29) is 5.41 Å². The van der Waals surface area contributed by atoms with E-state index in [0.29, 0.717) is 4.90 Å². The Morgan fingerprint density at radius 3 is 2.45 bits per heavy atom. The molecule has 3 heterocycles. The van der Waals surface area contributed by atoms with Gasteiger partial charge in [0.15, 0.2) is 9.84 Å². The number of rotatable bonds is 4. The zero-order valence-corrected chi connectivity index (χ0v) is 19.3. The predicted octanol–water partition coefficient (Wildman–Crippen LogP) is 3.80. The lowest BCUT2D eigenvalue weighted by atomic mass is 9.95. The summed E-state index contributed by atoms with van der Waals surface area (Å²) in [7, 11) is -3.20. The van der Waals surface area contributed by atoms with E-state index < -0.39 is 9.84 Å². The molecule has 1 aliphatic heterocycles. The van der Waals surface area contributed by atoms with E-state index in [1.165, 1.54) is 11.8 Å². The zero-order valence-electron chi connectivity index (χ0n) is 18.5. The number of aromatic nitrogens is 3. The fourth-order valence-corrected chi connectivity index (χ4v) is 4.33. The molecule has 7 heteroatoms. The van der Waals surface area contributed by atoms with Gasteiger partial charge in [0.25, 0.3) is 0 Å². The normalized spacial score (nSPS) is 15.0. The van der Waals surface area contributed by atoms with Gasteiger partial charge in [-0.25, -0.2) is 18.4 Å². The van der Waals surface area contributed by atoms with Gasteiger partial charge in [-0.15, -0.1) is 0 Å². The van der Waals surface area contributed by atoms with E-state index in [0.717, 1.165) is 54.5 Å². The van der Waals surface area contributed by atoms with Crippen LogP contribution in [0.2, 0.25) is 0 Å². The maximum atomic E-state index is 11.7. The minimum atomic E-state index is -3.20. The fourth-order valence-electron chi connectivity index (χ4n) is 3.70. The van der Waals surface area contributed by atoms with E-state index >= 15 is 0 Å². The number of fused-ring (bicyclic) bond motifs is 1. The number of nitrogens with zero attached hydrogens (tertiary/aromatic N) is 4. The predicted molar refractivity (Wildman–Crippen MR) is 121 cm³/mol.